The first kappa shape index (κ1) is 14.5. The zero-order valence-electron chi connectivity index (χ0n) is 10.5. The molecule has 18 heavy (non-hydrogen) atoms. The maximum absolute atomic E-state index is 11.8. The zero-order valence-corrected chi connectivity index (χ0v) is 11.2. The fraction of sp³-hybridized carbons (Fsp3) is 0.385. The number of Topliss-reactive ketones (excluding diaryl/α,β-unsaturated/α-hetero) is 1. The number of aromatic hydroxyl groups is 1. The highest BCUT2D eigenvalue weighted by atomic mass is 35.5. The summed E-state index contributed by atoms with van der Waals surface area (Å²) in [4.78, 5) is 22.9. The Bertz CT molecular complexity index is 480. The number of carbonyl (C=O) groups is 2. The molecule has 0 atom stereocenters. The molecule has 0 aliphatic rings. The van der Waals surface area contributed by atoms with E-state index in [1.165, 1.54) is 12.1 Å². The van der Waals surface area contributed by atoms with Gasteiger partial charge < -0.3 is 9.84 Å². The predicted molar refractivity (Wildman–Crippen MR) is 68.4 cm³/mol. The number of benzene rings is 1. The van der Waals surface area contributed by atoms with Crippen molar-refractivity contribution < 1.29 is 19.4 Å². The summed E-state index contributed by atoms with van der Waals surface area (Å²) in [5.74, 6) is -1.25. The molecular formula is C13H15ClO4. The maximum Gasteiger partial charge on any atom is 0.326 e. The molecule has 4 nitrogen and oxygen atoms in total. The average molecular weight is 271 g/mol. The van der Waals surface area contributed by atoms with Crippen molar-refractivity contribution in [2.75, 3.05) is 5.88 Å². The van der Waals surface area contributed by atoms with Gasteiger partial charge in [0, 0.05) is 12.0 Å². The van der Waals surface area contributed by atoms with E-state index in [-0.39, 0.29) is 34.6 Å². The van der Waals surface area contributed by atoms with Gasteiger partial charge in [0.1, 0.15) is 17.4 Å². The Morgan fingerprint density at radius 3 is 2.50 bits per heavy atom. The van der Waals surface area contributed by atoms with Crippen LogP contribution in [0.2, 0.25) is 0 Å². The number of ketones is 1. The normalized spacial score (nSPS) is 10.5. The number of hydrogen-bond acceptors (Lipinski definition) is 4. The van der Waals surface area contributed by atoms with Crippen LogP contribution in [0.1, 0.15) is 29.8 Å². The van der Waals surface area contributed by atoms with E-state index in [1.807, 2.05) is 0 Å². The number of rotatable bonds is 4. The fourth-order valence-electron chi connectivity index (χ4n) is 1.45. The van der Waals surface area contributed by atoms with Crippen molar-refractivity contribution in [3.8, 4) is 11.5 Å². The first-order valence-electron chi connectivity index (χ1n) is 5.51. The molecule has 0 unspecified atom stereocenters. The third-order valence-corrected chi connectivity index (χ3v) is 2.63. The van der Waals surface area contributed by atoms with Gasteiger partial charge in [0.05, 0.1) is 5.56 Å². The van der Waals surface area contributed by atoms with Crippen molar-refractivity contribution in [2.45, 2.75) is 20.8 Å². The lowest BCUT2D eigenvalue weighted by Gasteiger charge is -2.11. The van der Waals surface area contributed by atoms with Crippen LogP contribution in [0.15, 0.2) is 12.1 Å². The van der Waals surface area contributed by atoms with Gasteiger partial charge in [-0.3, -0.25) is 9.59 Å². The van der Waals surface area contributed by atoms with Crippen molar-refractivity contribution in [3.63, 3.8) is 0 Å². The van der Waals surface area contributed by atoms with Crippen LogP contribution in [0, 0.1) is 12.8 Å². The van der Waals surface area contributed by atoms with Crippen LogP contribution in [0.5, 0.6) is 11.5 Å². The molecule has 1 aromatic carbocycles. The molecular weight excluding hydrogens is 256 g/mol. The molecule has 0 fully saturated rings. The fourth-order valence-corrected chi connectivity index (χ4v) is 1.50. The Morgan fingerprint density at radius 2 is 2.00 bits per heavy atom. The molecule has 5 heteroatoms. The minimum Gasteiger partial charge on any atom is -0.507 e. The molecule has 0 radical (unpaired) electrons. The van der Waals surface area contributed by atoms with Gasteiger partial charge in [-0.1, -0.05) is 13.8 Å². The molecule has 0 aliphatic carbocycles. The van der Waals surface area contributed by atoms with E-state index < -0.39 is 5.97 Å². The van der Waals surface area contributed by atoms with Gasteiger partial charge in [-0.25, -0.2) is 0 Å². The Morgan fingerprint density at radius 1 is 1.39 bits per heavy atom. The molecule has 0 aliphatic heterocycles. The van der Waals surface area contributed by atoms with Gasteiger partial charge in [-0.2, -0.15) is 0 Å². The second-order valence-electron chi connectivity index (χ2n) is 4.26. The molecule has 0 bridgehead atoms. The first-order valence-corrected chi connectivity index (χ1v) is 6.04. The van der Waals surface area contributed by atoms with Crippen LogP contribution in [-0.2, 0) is 4.79 Å². The molecule has 0 aromatic heterocycles. The highest BCUT2D eigenvalue weighted by Crippen LogP contribution is 2.29. The smallest absolute Gasteiger partial charge is 0.326 e. The van der Waals surface area contributed by atoms with E-state index in [0.717, 1.165) is 0 Å². The molecule has 0 spiro atoms. The molecule has 98 valence electrons. The third kappa shape index (κ3) is 3.23. The molecule has 0 amide bonds. The van der Waals surface area contributed by atoms with E-state index in [1.54, 1.807) is 20.8 Å². The Labute approximate surface area is 111 Å². The second kappa shape index (κ2) is 5.87. The van der Waals surface area contributed by atoms with Crippen molar-refractivity contribution in [3.05, 3.63) is 23.3 Å². The third-order valence-electron chi connectivity index (χ3n) is 2.42. The minimum atomic E-state index is -0.609. The number of phenols is 1. The number of ether oxygens (including phenoxy) is 1. The van der Waals surface area contributed by atoms with Gasteiger partial charge in [-0.05, 0) is 18.6 Å². The maximum atomic E-state index is 11.8. The number of esters is 1. The Balaban J connectivity index is 3.12. The van der Waals surface area contributed by atoms with Crippen molar-refractivity contribution >= 4 is 23.4 Å². The van der Waals surface area contributed by atoms with Crippen LogP contribution in [0.25, 0.3) is 0 Å². The van der Waals surface area contributed by atoms with Crippen molar-refractivity contribution in [1.82, 2.24) is 0 Å². The van der Waals surface area contributed by atoms with E-state index >= 15 is 0 Å². The number of aryl methyl sites for hydroxylation is 1. The SMILES string of the molecule is Cc1cc(C(=O)C(C)C)c(O)cc1OC(=O)CCl. The lowest BCUT2D eigenvalue weighted by Crippen LogP contribution is -2.11. The van der Waals surface area contributed by atoms with Gasteiger partial charge in [0.15, 0.2) is 5.78 Å². The number of carbonyl (C=O) groups excluding carboxylic acids is 2. The van der Waals surface area contributed by atoms with Gasteiger partial charge in [-0.15, -0.1) is 11.6 Å². The first-order chi connectivity index (χ1) is 8.36. The lowest BCUT2D eigenvalue weighted by atomic mass is 9.98. The van der Waals surface area contributed by atoms with E-state index in [4.69, 9.17) is 16.3 Å². The molecule has 0 heterocycles. The molecule has 0 saturated carbocycles. The van der Waals surface area contributed by atoms with Gasteiger partial charge >= 0.3 is 5.97 Å². The van der Waals surface area contributed by atoms with Gasteiger partial charge in [0.25, 0.3) is 0 Å². The monoisotopic (exact) mass is 270 g/mol. The largest absolute Gasteiger partial charge is 0.507 e. The average Bonchev–Trinajstić information content (AvgIpc) is 2.32. The van der Waals surface area contributed by atoms with Gasteiger partial charge in [0.2, 0.25) is 0 Å². The Kier molecular flexibility index (Phi) is 4.73. The molecule has 0 saturated heterocycles. The topological polar surface area (TPSA) is 63.6 Å². The van der Waals surface area contributed by atoms with Crippen LogP contribution >= 0.6 is 11.6 Å². The summed E-state index contributed by atoms with van der Waals surface area (Å²) in [7, 11) is 0. The summed E-state index contributed by atoms with van der Waals surface area (Å²) in [6.07, 6.45) is 0. The van der Waals surface area contributed by atoms with E-state index in [9.17, 15) is 14.7 Å². The number of phenolic OH excluding ortho intramolecular Hbond substituents is 1. The summed E-state index contributed by atoms with van der Waals surface area (Å²) < 4.78 is 4.93. The molecule has 1 rings (SSSR count). The minimum absolute atomic E-state index is 0.161. The molecule has 1 N–H and O–H groups in total. The number of halogens is 1. The van der Waals surface area contributed by atoms with E-state index in [2.05, 4.69) is 0 Å². The lowest BCUT2D eigenvalue weighted by molar-refractivity contribution is -0.131. The Hall–Kier alpha value is -1.55. The quantitative estimate of drug-likeness (QED) is 0.395. The summed E-state index contributed by atoms with van der Waals surface area (Å²) >= 11 is 5.33. The van der Waals surface area contributed by atoms with Crippen molar-refractivity contribution in [2.24, 2.45) is 5.92 Å². The van der Waals surface area contributed by atoms with Crippen LogP contribution in [0.3, 0.4) is 0 Å². The highest BCUT2D eigenvalue weighted by Gasteiger charge is 2.18. The van der Waals surface area contributed by atoms with E-state index in [0.29, 0.717) is 5.56 Å². The number of hydrogen-bond donors (Lipinski definition) is 1. The summed E-state index contributed by atoms with van der Waals surface area (Å²) in [6, 6.07) is 2.77. The van der Waals surface area contributed by atoms with Crippen LogP contribution in [0.4, 0.5) is 0 Å². The van der Waals surface area contributed by atoms with Crippen LogP contribution in [-0.4, -0.2) is 22.7 Å². The molecule has 1 aromatic rings. The standard InChI is InChI=1S/C13H15ClO4/c1-7(2)13(17)9-4-8(3)11(5-10(9)15)18-12(16)6-14/h4-5,7,15H,6H2,1-3H3. The second-order valence-corrected chi connectivity index (χ2v) is 4.53. The van der Waals surface area contributed by atoms with Crippen molar-refractivity contribution in [1.29, 1.82) is 0 Å². The van der Waals surface area contributed by atoms with Crippen LogP contribution < -0.4 is 4.74 Å². The number of alkyl halides is 1. The highest BCUT2D eigenvalue weighted by molar-refractivity contribution is 6.26. The zero-order chi connectivity index (χ0) is 13.9. The summed E-state index contributed by atoms with van der Waals surface area (Å²) in [6.45, 7) is 5.18. The summed E-state index contributed by atoms with van der Waals surface area (Å²) in [5, 5.41) is 9.78. The predicted octanol–water partition coefficient (Wildman–Crippen LogP) is 2.68. The summed E-state index contributed by atoms with van der Waals surface area (Å²) in [5.41, 5.74) is 0.823.